The molecule has 1 aromatic carbocycles. The smallest absolute Gasteiger partial charge is 0.225 e. The van der Waals surface area contributed by atoms with Crippen LogP contribution in [-0.2, 0) is 0 Å². The summed E-state index contributed by atoms with van der Waals surface area (Å²) in [4.78, 5) is 18.4. The highest BCUT2D eigenvalue weighted by molar-refractivity contribution is 5.58. The molecule has 1 saturated heterocycles. The Bertz CT molecular complexity index is 857. The van der Waals surface area contributed by atoms with Crippen molar-refractivity contribution >= 4 is 5.95 Å². The minimum Gasteiger partial charge on any atom is -0.342 e. The average Bonchev–Trinajstić information content (AvgIpc) is 3.15. The minimum absolute atomic E-state index is 0.305. The van der Waals surface area contributed by atoms with E-state index in [1.807, 2.05) is 0 Å². The van der Waals surface area contributed by atoms with Gasteiger partial charge in [-0.3, -0.25) is 0 Å². The van der Waals surface area contributed by atoms with Crippen LogP contribution in [0.2, 0.25) is 0 Å². The molecular weight excluding hydrogens is 324 g/mol. The Hall–Kier alpha value is -2.83. The number of halogens is 2. The Morgan fingerprint density at radius 2 is 1.76 bits per heavy atom. The monoisotopic (exact) mass is 341 g/mol. The molecule has 0 aliphatic carbocycles. The predicted molar refractivity (Wildman–Crippen MR) is 90.2 cm³/mol. The number of rotatable bonds is 3. The molecule has 25 heavy (non-hydrogen) atoms. The Labute approximate surface area is 143 Å². The summed E-state index contributed by atoms with van der Waals surface area (Å²) in [6.45, 7) is 1.71. The normalized spacial score (nSPS) is 15.5. The lowest BCUT2D eigenvalue weighted by atomic mass is 9.96. The first kappa shape index (κ1) is 15.7. The Morgan fingerprint density at radius 1 is 1.00 bits per heavy atom. The number of aromatic amines is 1. The van der Waals surface area contributed by atoms with Crippen molar-refractivity contribution in [3.63, 3.8) is 0 Å². The summed E-state index contributed by atoms with van der Waals surface area (Å²) in [6.07, 6.45) is 7.03. The molecule has 1 aliphatic rings. The van der Waals surface area contributed by atoms with Crippen molar-refractivity contribution < 1.29 is 8.78 Å². The van der Waals surface area contributed by atoms with E-state index in [9.17, 15) is 8.78 Å². The van der Waals surface area contributed by atoms with E-state index >= 15 is 0 Å². The van der Waals surface area contributed by atoms with E-state index in [2.05, 4.69) is 24.8 Å². The zero-order valence-electron chi connectivity index (χ0n) is 13.5. The molecule has 7 heteroatoms. The summed E-state index contributed by atoms with van der Waals surface area (Å²) >= 11 is 0. The van der Waals surface area contributed by atoms with Crippen molar-refractivity contribution in [1.29, 1.82) is 0 Å². The average molecular weight is 341 g/mol. The molecule has 3 heterocycles. The molecule has 0 atom stereocenters. The first-order chi connectivity index (χ1) is 12.2. The second kappa shape index (κ2) is 6.58. The van der Waals surface area contributed by atoms with Crippen LogP contribution in [0.5, 0.6) is 0 Å². The summed E-state index contributed by atoms with van der Waals surface area (Å²) in [5.41, 5.74) is 1.29. The van der Waals surface area contributed by atoms with E-state index in [4.69, 9.17) is 0 Å². The highest BCUT2D eigenvalue weighted by Crippen LogP contribution is 2.29. The van der Waals surface area contributed by atoms with Gasteiger partial charge in [0.1, 0.15) is 5.82 Å². The molecule has 128 valence electrons. The van der Waals surface area contributed by atoms with Crippen molar-refractivity contribution in [3.8, 4) is 11.3 Å². The van der Waals surface area contributed by atoms with Gasteiger partial charge in [-0.05, 0) is 37.1 Å². The highest BCUT2D eigenvalue weighted by Gasteiger charge is 2.24. The van der Waals surface area contributed by atoms with Crippen LogP contribution in [0.4, 0.5) is 14.7 Å². The van der Waals surface area contributed by atoms with Crippen LogP contribution in [-0.4, -0.2) is 33.0 Å². The van der Waals surface area contributed by atoms with Crippen LogP contribution in [0.25, 0.3) is 11.3 Å². The number of piperidine rings is 1. The molecule has 0 saturated carbocycles. The fraction of sp³-hybridized carbons (Fsp3) is 0.278. The third-order valence-corrected chi connectivity index (χ3v) is 4.54. The van der Waals surface area contributed by atoms with Gasteiger partial charge in [-0.15, -0.1) is 0 Å². The summed E-state index contributed by atoms with van der Waals surface area (Å²) in [6, 6.07) is 5.66. The van der Waals surface area contributed by atoms with Gasteiger partial charge < -0.3 is 9.88 Å². The van der Waals surface area contributed by atoms with E-state index < -0.39 is 11.6 Å². The summed E-state index contributed by atoms with van der Waals surface area (Å²) in [7, 11) is 0. The van der Waals surface area contributed by atoms with Gasteiger partial charge in [-0.2, -0.15) is 0 Å². The number of nitrogens with one attached hydrogen (secondary N) is 1. The Kier molecular flexibility index (Phi) is 4.13. The molecule has 0 unspecified atom stereocenters. The van der Waals surface area contributed by atoms with Crippen molar-refractivity contribution in [1.82, 2.24) is 19.9 Å². The van der Waals surface area contributed by atoms with Crippen LogP contribution in [0.15, 0.2) is 42.9 Å². The molecule has 0 radical (unpaired) electrons. The lowest BCUT2D eigenvalue weighted by Gasteiger charge is -2.30. The lowest BCUT2D eigenvalue weighted by molar-refractivity contribution is 0.483. The second-order valence-corrected chi connectivity index (χ2v) is 6.12. The molecule has 0 bridgehead atoms. The fourth-order valence-corrected chi connectivity index (χ4v) is 3.16. The summed E-state index contributed by atoms with van der Waals surface area (Å²) < 4.78 is 26.5. The SMILES string of the molecule is Fc1ccc(-c2cnc(C3CCN(c4ncccn4)CC3)[nH]2)cc1F. The maximum Gasteiger partial charge on any atom is 0.225 e. The van der Waals surface area contributed by atoms with Crippen LogP contribution in [0.1, 0.15) is 24.6 Å². The number of nitrogens with zero attached hydrogens (tertiary/aromatic N) is 4. The zero-order chi connectivity index (χ0) is 17.2. The van der Waals surface area contributed by atoms with Crippen LogP contribution in [0, 0.1) is 11.6 Å². The van der Waals surface area contributed by atoms with Crippen molar-refractivity contribution in [3.05, 3.63) is 60.3 Å². The number of imidazole rings is 1. The zero-order valence-corrected chi connectivity index (χ0v) is 13.5. The van der Waals surface area contributed by atoms with Crippen molar-refractivity contribution in [2.24, 2.45) is 0 Å². The van der Waals surface area contributed by atoms with Gasteiger partial charge in [-0.1, -0.05) is 0 Å². The maximum atomic E-state index is 13.4. The number of hydrogen-bond donors (Lipinski definition) is 1. The number of benzene rings is 1. The van der Waals surface area contributed by atoms with Crippen LogP contribution in [0.3, 0.4) is 0 Å². The van der Waals surface area contributed by atoms with E-state index in [1.165, 1.54) is 6.07 Å². The van der Waals surface area contributed by atoms with Gasteiger partial charge >= 0.3 is 0 Å². The first-order valence-corrected chi connectivity index (χ1v) is 8.23. The first-order valence-electron chi connectivity index (χ1n) is 8.23. The van der Waals surface area contributed by atoms with Gasteiger partial charge in [0.15, 0.2) is 11.6 Å². The van der Waals surface area contributed by atoms with E-state index in [0.717, 1.165) is 43.8 Å². The van der Waals surface area contributed by atoms with E-state index in [1.54, 1.807) is 30.7 Å². The molecule has 2 aromatic heterocycles. The van der Waals surface area contributed by atoms with Gasteiger partial charge in [0.25, 0.3) is 0 Å². The third kappa shape index (κ3) is 3.22. The van der Waals surface area contributed by atoms with Gasteiger partial charge in [0.2, 0.25) is 5.95 Å². The number of H-pyrrole nitrogens is 1. The lowest BCUT2D eigenvalue weighted by Crippen LogP contribution is -2.34. The predicted octanol–water partition coefficient (Wildman–Crippen LogP) is 3.53. The maximum absolute atomic E-state index is 13.4. The minimum atomic E-state index is -0.857. The highest BCUT2D eigenvalue weighted by atomic mass is 19.2. The van der Waals surface area contributed by atoms with Gasteiger partial charge in [0, 0.05) is 37.0 Å². The topological polar surface area (TPSA) is 57.7 Å². The van der Waals surface area contributed by atoms with Gasteiger partial charge in [0.05, 0.1) is 11.9 Å². The molecule has 1 N–H and O–H groups in total. The molecule has 4 rings (SSSR count). The Morgan fingerprint density at radius 3 is 2.48 bits per heavy atom. The van der Waals surface area contributed by atoms with Crippen molar-refractivity contribution in [2.45, 2.75) is 18.8 Å². The van der Waals surface area contributed by atoms with Crippen LogP contribution < -0.4 is 4.90 Å². The number of aromatic nitrogens is 4. The summed E-state index contributed by atoms with van der Waals surface area (Å²) in [5, 5.41) is 0. The molecule has 0 amide bonds. The number of anilines is 1. The van der Waals surface area contributed by atoms with Crippen molar-refractivity contribution in [2.75, 3.05) is 18.0 Å². The molecule has 5 nitrogen and oxygen atoms in total. The molecular formula is C18H17F2N5. The fourth-order valence-electron chi connectivity index (χ4n) is 3.16. The van der Waals surface area contributed by atoms with Crippen LogP contribution >= 0.6 is 0 Å². The largest absolute Gasteiger partial charge is 0.342 e. The molecule has 0 spiro atoms. The van der Waals surface area contributed by atoms with E-state index in [-0.39, 0.29) is 0 Å². The molecule has 1 fully saturated rings. The summed E-state index contributed by atoms with van der Waals surface area (Å²) in [5.74, 6) is 0.235. The van der Waals surface area contributed by atoms with E-state index in [0.29, 0.717) is 17.2 Å². The quantitative estimate of drug-likeness (QED) is 0.792. The Balaban J connectivity index is 1.45. The van der Waals surface area contributed by atoms with Gasteiger partial charge in [-0.25, -0.2) is 23.7 Å². The molecule has 3 aromatic rings. The number of hydrogen-bond acceptors (Lipinski definition) is 4. The standard InChI is InChI=1S/C18H17F2N5/c19-14-3-2-13(10-15(14)20)16-11-23-17(24-16)12-4-8-25(9-5-12)18-21-6-1-7-22-18/h1-3,6-7,10-12H,4-5,8-9H2,(H,23,24). The second-order valence-electron chi connectivity index (χ2n) is 6.12. The molecule has 1 aliphatic heterocycles. The third-order valence-electron chi connectivity index (χ3n) is 4.54.